The molecule has 0 fully saturated rings. The number of imidazole rings is 2. The third kappa shape index (κ3) is 7.74. The summed E-state index contributed by atoms with van der Waals surface area (Å²) >= 11 is 0. The molecule has 1 aliphatic carbocycles. The van der Waals surface area contributed by atoms with Gasteiger partial charge in [-0.15, -0.1) is 48.8 Å². The number of hydrogen-bond acceptors (Lipinski definition) is 5. The van der Waals surface area contributed by atoms with E-state index in [1.165, 1.54) is 33.4 Å². The van der Waals surface area contributed by atoms with Gasteiger partial charge in [0.2, 0.25) is 5.78 Å². The number of para-hydroxylation sites is 4. The minimum absolute atomic E-state index is 0. The van der Waals surface area contributed by atoms with Crippen LogP contribution in [-0.2, 0) is 31.9 Å². The molecular weight excluding hydrogens is 1160 g/mol. The summed E-state index contributed by atoms with van der Waals surface area (Å²) in [5, 5.41) is 0. The molecule has 1 aliphatic heterocycles. The van der Waals surface area contributed by atoms with Crippen LogP contribution in [0.2, 0.25) is 0 Å². The predicted octanol–water partition coefficient (Wildman–Crippen LogP) is 17.6. The number of ether oxygens (including phenoxy) is 1. The molecule has 3 aromatic heterocycles. The Balaban J connectivity index is 0.00000577. The Bertz CT molecular complexity index is 4400. The van der Waals surface area contributed by atoms with Crippen LogP contribution < -0.4 is 14.5 Å². The van der Waals surface area contributed by atoms with Gasteiger partial charge in [-0.05, 0) is 115 Å². The van der Waals surface area contributed by atoms with Gasteiger partial charge in [0.1, 0.15) is 5.82 Å². The van der Waals surface area contributed by atoms with Crippen LogP contribution in [0.4, 0.5) is 22.7 Å². The van der Waals surface area contributed by atoms with E-state index in [0.29, 0.717) is 11.5 Å². The van der Waals surface area contributed by atoms with Gasteiger partial charge < -0.3 is 18.9 Å². The van der Waals surface area contributed by atoms with E-state index in [0.717, 1.165) is 84.2 Å². The maximum atomic E-state index is 6.86. The van der Waals surface area contributed by atoms with Crippen molar-refractivity contribution in [2.24, 2.45) is 0 Å². The van der Waals surface area contributed by atoms with Crippen molar-refractivity contribution in [1.82, 2.24) is 18.9 Å². The molecule has 4 heterocycles. The molecule has 0 saturated heterocycles. The molecule has 0 N–H and O–H groups in total. The van der Waals surface area contributed by atoms with E-state index in [4.69, 9.17) is 14.7 Å². The maximum absolute atomic E-state index is 6.86. The molecule has 0 amide bonds. The molecule has 0 unspecified atom stereocenters. The van der Waals surface area contributed by atoms with Gasteiger partial charge in [-0.2, -0.15) is 6.07 Å². The molecule has 0 radical (unpaired) electrons. The van der Waals surface area contributed by atoms with Crippen molar-refractivity contribution in [2.45, 2.75) is 31.6 Å². The average Bonchev–Trinajstić information content (AvgIpc) is 4.35. The van der Waals surface area contributed by atoms with Crippen LogP contribution in [0.15, 0.2) is 249 Å². The third-order valence-electron chi connectivity index (χ3n) is 15.9. The molecule has 0 atom stereocenters. The van der Waals surface area contributed by atoms with Crippen LogP contribution >= 0.6 is 0 Å². The van der Waals surface area contributed by atoms with Crippen LogP contribution in [0.3, 0.4) is 0 Å². The molecule has 13 aromatic rings. The summed E-state index contributed by atoms with van der Waals surface area (Å²) in [5.74, 6) is 2.54. The summed E-state index contributed by atoms with van der Waals surface area (Å²) in [6.07, 6.45) is 1.94. The standard InChI is InChI=1S/C72H51N6O.Pt/c1-71(2,3)52-42-58(48-22-7-4-8-23-48)69(59(43-52)49-24-9-5-10-25-49)76-47-75(64-36-19-20-37-65(64)76)53-28-21-29-54(45-53)79-55-38-39-66-67(46-55)78(70-74-62-34-17-18-35-63(62)77(66)70)68-44-51(40-41-73-68)72(50-26-11-6-12-27-50)60-32-15-13-30-56(60)57-31-14-16-33-61(57)72;/h4-44,47H,1-3H3;/q-3;. The van der Waals surface area contributed by atoms with Gasteiger partial charge in [0.05, 0.1) is 16.4 Å². The number of hydrogen-bond donors (Lipinski definition) is 0. The first-order chi connectivity index (χ1) is 38.8. The fraction of sp³-hybridized carbons (Fsp3) is 0.0694. The largest absolute Gasteiger partial charge is 0.509 e. The summed E-state index contributed by atoms with van der Waals surface area (Å²) in [6, 6.07) is 93.6. The van der Waals surface area contributed by atoms with E-state index in [1.807, 2.05) is 30.5 Å². The van der Waals surface area contributed by atoms with E-state index >= 15 is 0 Å². The first-order valence-corrected chi connectivity index (χ1v) is 26.9. The Labute approximate surface area is 479 Å². The van der Waals surface area contributed by atoms with Gasteiger partial charge in [0.25, 0.3) is 0 Å². The van der Waals surface area contributed by atoms with Gasteiger partial charge >= 0.3 is 0 Å². The first kappa shape index (κ1) is 49.0. The van der Waals surface area contributed by atoms with Crippen LogP contribution in [0.5, 0.6) is 11.5 Å². The average molecular weight is 1210 g/mol. The topological polar surface area (TPSA) is 50.8 Å². The van der Waals surface area contributed by atoms with Crippen molar-refractivity contribution in [3.63, 3.8) is 0 Å². The number of nitrogens with zero attached hydrogens (tertiary/aromatic N) is 6. The molecule has 388 valence electrons. The summed E-state index contributed by atoms with van der Waals surface area (Å²) in [6.45, 7) is 9.06. The van der Waals surface area contributed by atoms with Crippen molar-refractivity contribution in [2.75, 3.05) is 9.80 Å². The van der Waals surface area contributed by atoms with Crippen LogP contribution in [-0.4, -0.2) is 18.9 Å². The van der Waals surface area contributed by atoms with Gasteiger partial charge in [-0.3, -0.25) is 4.57 Å². The van der Waals surface area contributed by atoms with Crippen molar-refractivity contribution in [3.05, 3.63) is 295 Å². The Kier molecular flexibility index (Phi) is 11.8. The molecular formula is C72H51N6OPt-3. The minimum atomic E-state index is -0.611. The van der Waals surface area contributed by atoms with Crippen molar-refractivity contribution < 1.29 is 25.8 Å². The summed E-state index contributed by atoms with van der Waals surface area (Å²) in [4.78, 5) is 15.0. The van der Waals surface area contributed by atoms with Crippen molar-refractivity contribution in [3.8, 4) is 50.7 Å². The predicted molar refractivity (Wildman–Crippen MR) is 320 cm³/mol. The molecule has 0 saturated carbocycles. The van der Waals surface area contributed by atoms with Gasteiger partial charge in [0, 0.05) is 67.0 Å². The minimum Gasteiger partial charge on any atom is -0.509 e. The zero-order valence-electron chi connectivity index (χ0n) is 44.2. The van der Waals surface area contributed by atoms with Crippen LogP contribution in [0.25, 0.3) is 67.0 Å². The number of benzene rings is 10. The van der Waals surface area contributed by atoms with Crippen molar-refractivity contribution >= 4 is 50.6 Å². The number of aromatic nitrogens is 4. The normalized spacial score (nSPS) is 13.3. The van der Waals surface area contributed by atoms with Gasteiger partial charge in [-0.25, -0.2) is 9.97 Å². The third-order valence-corrected chi connectivity index (χ3v) is 15.9. The summed E-state index contributed by atoms with van der Waals surface area (Å²) in [5.41, 5.74) is 20.0. The van der Waals surface area contributed by atoms with Crippen molar-refractivity contribution in [1.29, 1.82) is 0 Å². The van der Waals surface area contributed by atoms with E-state index in [1.54, 1.807) is 0 Å². The second-order valence-corrected chi connectivity index (χ2v) is 21.5. The first-order valence-electron chi connectivity index (χ1n) is 26.9. The second kappa shape index (κ2) is 19.3. The van der Waals surface area contributed by atoms with Gasteiger partial charge in [-0.1, -0.05) is 185 Å². The molecule has 80 heavy (non-hydrogen) atoms. The number of pyridine rings is 1. The molecule has 0 spiro atoms. The van der Waals surface area contributed by atoms with E-state index < -0.39 is 5.41 Å². The zero-order valence-corrected chi connectivity index (χ0v) is 46.4. The Morgan fingerprint density at radius 2 is 1.09 bits per heavy atom. The van der Waals surface area contributed by atoms with Gasteiger partial charge in [0.15, 0.2) is 0 Å². The molecule has 15 rings (SSSR count). The SMILES string of the molecule is CC(C)(C)c1cc(-c2ccccc2)c(N2[CH-]N(c3[c-]c(Oc4[c-]c5c(cc4)n4c6ccccc6nc4n5-c4cc(C5(c6ccccc6)c6ccccc6-c6ccccc65)ccn4)ccc3)c3ccccc32)c(-c2ccccc2)c1.[Pt]. The quantitative estimate of drug-likeness (QED) is 0.135. The maximum Gasteiger partial charge on any atom is 0.208 e. The molecule has 8 heteroatoms. The fourth-order valence-electron chi connectivity index (χ4n) is 12.3. The molecule has 2 aliphatic rings. The Morgan fingerprint density at radius 1 is 0.500 bits per heavy atom. The Hall–Kier alpha value is -9.29. The second-order valence-electron chi connectivity index (χ2n) is 21.5. The Morgan fingerprint density at radius 3 is 1.76 bits per heavy atom. The number of fused-ring (bicyclic) bond motifs is 9. The van der Waals surface area contributed by atoms with Crippen LogP contribution in [0, 0.1) is 18.8 Å². The van der Waals surface area contributed by atoms with E-state index in [2.05, 4.69) is 277 Å². The summed E-state index contributed by atoms with van der Waals surface area (Å²) < 4.78 is 11.2. The van der Waals surface area contributed by atoms with Crippen LogP contribution in [0.1, 0.15) is 48.6 Å². The molecule has 7 nitrogen and oxygen atoms in total. The summed E-state index contributed by atoms with van der Waals surface area (Å²) in [7, 11) is 0. The smallest absolute Gasteiger partial charge is 0.208 e. The number of anilines is 4. The van der Waals surface area contributed by atoms with E-state index in [-0.39, 0.29) is 26.5 Å². The molecule has 10 aromatic carbocycles. The number of rotatable bonds is 9. The van der Waals surface area contributed by atoms with E-state index in [9.17, 15) is 0 Å². The molecule has 0 bridgehead atoms. The monoisotopic (exact) mass is 1210 g/mol. The zero-order chi connectivity index (χ0) is 52.8. The fourth-order valence-corrected chi connectivity index (χ4v) is 12.3.